The van der Waals surface area contributed by atoms with Gasteiger partial charge in [0.05, 0.1) is 0 Å². The van der Waals surface area contributed by atoms with Crippen molar-refractivity contribution < 1.29 is 0 Å². The van der Waals surface area contributed by atoms with Crippen LogP contribution in [-0.4, -0.2) is 56.1 Å². The Kier molecular flexibility index (Phi) is 6.45. The quantitative estimate of drug-likeness (QED) is 0.735. The summed E-state index contributed by atoms with van der Waals surface area (Å²) < 4.78 is 0. The summed E-state index contributed by atoms with van der Waals surface area (Å²) in [6, 6.07) is 0.738. The molecule has 3 heteroatoms. The average molecular weight is 241 g/mol. The maximum absolute atomic E-state index is 5.91. The minimum atomic E-state index is 0.732. The van der Waals surface area contributed by atoms with Crippen LogP contribution in [0.25, 0.3) is 0 Å². The van der Waals surface area contributed by atoms with Gasteiger partial charge in [0.25, 0.3) is 0 Å². The second-order valence-corrected chi connectivity index (χ2v) is 6.19. The molecule has 1 aliphatic carbocycles. The molecule has 0 heterocycles. The van der Waals surface area contributed by atoms with Crippen molar-refractivity contribution in [1.82, 2.24) is 9.80 Å². The van der Waals surface area contributed by atoms with Crippen molar-refractivity contribution in [2.75, 3.05) is 40.3 Å². The molecule has 1 fully saturated rings. The fourth-order valence-corrected chi connectivity index (χ4v) is 2.96. The summed E-state index contributed by atoms with van der Waals surface area (Å²) in [6.07, 6.45) is 4.04. The molecule has 0 saturated heterocycles. The first-order valence-electron chi connectivity index (χ1n) is 7.13. The van der Waals surface area contributed by atoms with Gasteiger partial charge in [-0.15, -0.1) is 0 Å². The molecule has 0 aliphatic heterocycles. The molecule has 2 atom stereocenters. The zero-order chi connectivity index (χ0) is 12.8. The van der Waals surface area contributed by atoms with Crippen molar-refractivity contribution in [1.29, 1.82) is 0 Å². The van der Waals surface area contributed by atoms with E-state index in [0.29, 0.717) is 0 Å². The van der Waals surface area contributed by atoms with Crippen molar-refractivity contribution in [3.8, 4) is 0 Å². The fourth-order valence-electron chi connectivity index (χ4n) is 2.96. The molecule has 1 saturated carbocycles. The molecular formula is C14H31N3. The first-order valence-corrected chi connectivity index (χ1v) is 7.13. The van der Waals surface area contributed by atoms with Crippen LogP contribution in [0.15, 0.2) is 0 Å². The van der Waals surface area contributed by atoms with Crippen molar-refractivity contribution >= 4 is 0 Å². The molecule has 17 heavy (non-hydrogen) atoms. The zero-order valence-electron chi connectivity index (χ0n) is 12.2. The van der Waals surface area contributed by atoms with E-state index >= 15 is 0 Å². The van der Waals surface area contributed by atoms with Gasteiger partial charge in [-0.25, -0.2) is 0 Å². The molecule has 0 aromatic carbocycles. The molecule has 0 aromatic rings. The highest BCUT2D eigenvalue weighted by atomic mass is 15.2. The molecule has 0 aromatic heterocycles. The number of hydrogen-bond acceptors (Lipinski definition) is 3. The Hall–Kier alpha value is -0.120. The van der Waals surface area contributed by atoms with Crippen LogP contribution in [0.2, 0.25) is 0 Å². The SMILES string of the molecule is CC(C)CN(CCN(C)C)C1CCCC1CN. The molecule has 1 aliphatic rings. The van der Waals surface area contributed by atoms with Gasteiger partial charge in [0.15, 0.2) is 0 Å². The van der Waals surface area contributed by atoms with Gasteiger partial charge in [0.2, 0.25) is 0 Å². The lowest BCUT2D eigenvalue weighted by Crippen LogP contribution is -2.45. The van der Waals surface area contributed by atoms with Crippen molar-refractivity contribution in [2.24, 2.45) is 17.6 Å². The van der Waals surface area contributed by atoms with Crippen LogP contribution in [0.1, 0.15) is 33.1 Å². The summed E-state index contributed by atoms with van der Waals surface area (Å²) in [5.41, 5.74) is 5.91. The summed E-state index contributed by atoms with van der Waals surface area (Å²) in [6.45, 7) is 9.05. The molecule has 1 rings (SSSR count). The van der Waals surface area contributed by atoms with Gasteiger partial charge in [-0.2, -0.15) is 0 Å². The topological polar surface area (TPSA) is 32.5 Å². The van der Waals surface area contributed by atoms with E-state index in [2.05, 4.69) is 37.7 Å². The summed E-state index contributed by atoms with van der Waals surface area (Å²) >= 11 is 0. The first kappa shape index (κ1) is 14.9. The number of nitrogens with zero attached hydrogens (tertiary/aromatic N) is 2. The Bertz CT molecular complexity index is 204. The monoisotopic (exact) mass is 241 g/mol. The van der Waals surface area contributed by atoms with Gasteiger partial charge >= 0.3 is 0 Å². The highest BCUT2D eigenvalue weighted by molar-refractivity contribution is 4.86. The van der Waals surface area contributed by atoms with Crippen LogP contribution in [0, 0.1) is 11.8 Å². The van der Waals surface area contributed by atoms with E-state index in [1.807, 2.05) is 0 Å². The van der Waals surface area contributed by atoms with Crippen molar-refractivity contribution in [3.05, 3.63) is 0 Å². The van der Waals surface area contributed by atoms with E-state index < -0.39 is 0 Å². The largest absolute Gasteiger partial charge is 0.330 e. The third kappa shape index (κ3) is 4.94. The molecule has 2 unspecified atom stereocenters. The maximum Gasteiger partial charge on any atom is 0.0136 e. The Labute approximate surface area is 107 Å². The Morgan fingerprint density at radius 1 is 1.18 bits per heavy atom. The van der Waals surface area contributed by atoms with E-state index in [9.17, 15) is 0 Å². The lowest BCUT2D eigenvalue weighted by Gasteiger charge is -2.34. The molecule has 0 amide bonds. The highest BCUT2D eigenvalue weighted by Gasteiger charge is 2.31. The standard InChI is InChI=1S/C14H31N3/c1-12(2)11-17(9-8-16(3)4)14-7-5-6-13(14)10-15/h12-14H,5-11,15H2,1-4H3. The van der Waals surface area contributed by atoms with Gasteiger partial charge < -0.3 is 10.6 Å². The van der Waals surface area contributed by atoms with Crippen LogP contribution in [0.5, 0.6) is 0 Å². The molecular weight excluding hydrogens is 210 g/mol. The van der Waals surface area contributed by atoms with Crippen LogP contribution in [0.4, 0.5) is 0 Å². The predicted octanol–water partition coefficient (Wildman–Crippen LogP) is 1.63. The third-order valence-electron chi connectivity index (χ3n) is 3.82. The number of rotatable bonds is 7. The summed E-state index contributed by atoms with van der Waals surface area (Å²) in [5.74, 6) is 1.48. The summed E-state index contributed by atoms with van der Waals surface area (Å²) in [4.78, 5) is 4.97. The van der Waals surface area contributed by atoms with Crippen molar-refractivity contribution in [2.45, 2.75) is 39.2 Å². The van der Waals surface area contributed by atoms with E-state index in [1.54, 1.807) is 0 Å². The lowest BCUT2D eigenvalue weighted by atomic mass is 10.0. The number of nitrogens with two attached hydrogens (primary N) is 1. The third-order valence-corrected chi connectivity index (χ3v) is 3.82. The van der Waals surface area contributed by atoms with Gasteiger partial charge in [-0.05, 0) is 45.3 Å². The molecule has 0 bridgehead atoms. The minimum absolute atomic E-state index is 0.732. The summed E-state index contributed by atoms with van der Waals surface area (Å²) in [5, 5.41) is 0. The smallest absolute Gasteiger partial charge is 0.0136 e. The Morgan fingerprint density at radius 3 is 2.41 bits per heavy atom. The predicted molar refractivity (Wildman–Crippen MR) is 75.1 cm³/mol. The second-order valence-electron chi connectivity index (χ2n) is 6.19. The minimum Gasteiger partial charge on any atom is -0.330 e. The van der Waals surface area contributed by atoms with E-state index in [4.69, 9.17) is 5.73 Å². The Balaban J connectivity index is 2.54. The molecule has 0 spiro atoms. The normalized spacial score (nSPS) is 25.4. The highest BCUT2D eigenvalue weighted by Crippen LogP contribution is 2.29. The Morgan fingerprint density at radius 2 is 1.88 bits per heavy atom. The van der Waals surface area contributed by atoms with Crippen LogP contribution < -0.4 is 5.73 Å². The van der Waals surface area contributed by atoms with Crippen molar-refractivity contribution in [3.63, 3.8) is 0 Å². The molecule has 0 radical (unpaired) electrons. The van der Waals surface area contributed by atoms with Crippen LogP contribution >= 0.6 is 0 Å². The number of likely N-dealkylation sites (N-methyl/N-ethyl adjacent to an activating group) is 1. The fraction of sp³-hybridized carbons (Fsp3) is 1.00. The van der Waals surface area contributed by atoms with E-state index in [-0.39, 0.29) is 0 Å². The summed E-state index contributed by atoms with van der Waals surface area (Å²) in [7, 11) is 4.31. The zero-order valence-corrected chi connectivity index (χ0v) is 12.2. The van der Waals surface area contributed by atoms with Crippen LogP contribution in [-0.2, 0) is 0 Å². The second kappa shape index (κ2) is 7.34. The van der Waals surface area contributed by atoms with Gasteiger partial charge in [-0.1, -0.05) is 20.3 Å². The molecule has 102 valence electrons. The van der Waals surface area contributed by atoms with E-state index in [0.717, 1.165) is 31.0 Å². The number of hydrogen-bond donors (Lipinski definition) is 1. The maximum atomic E-state index is 5.91. The van der Waals surface area contributed by atoms with Gasteiger partial charge in [0, 0.05) is 25.7 Å². The first-order chi connectivity index (χ1) is 8.04. The van der Waals surface area contributed by atoms with E-state index in [1.165, 1.54) is 32.4 Å². The van der Waals surface area contributed by atoms with Gasteiger partial charge in [0.1, 0.15) is 0 Å². The molecule has 3 nitrogen and oxygen atoms in total. The molecule has 2 N–H and O–H groups in total. The van der Waals surface area contributed by atoms with Crippen LogP contribution in [0.3, 0.4) is 0 Å². The van der Waals surface area contributed by atoms with Gasteiger partial charge in [-0.3, -0.25) is 4.90 Å². The average Bonchev–Trinajstić information content (AvgIpc) is 2.71. The lowest BCUT2D eigenvalue weighted by molar-refractivity contribution is 0.133.